The van der Waals surface area contributed by atoms with Gasteiger partial charge in [-0.05, 0) is 25.8 Å². The highest BCUT2D eigenvalue weighted by molar-refractivity contribution is 5.73. The second kappa shape index (κ2) is 2.46. The number of rotatable bonds is 1. The van der Waals surface area contributed by atoms with Gasteiger partial charge in [-0.2, -0.15) is 0 Å². The molecule has 68 valence electrons. The number of fused-ring (bicyclic) bond motifs is 1. The van der Waals surface area contributed by atoms with E-state index in [9.17, 15) is 4.79 Å². The number of carbonyl (C=O) groups is 1. The van der Waals surface area contributed by atoms with Crippen LogP contribution in [0, 0.1) is 5.92 Å². The van der Waals surface area contributed by atoms with Crippen molar-refractivity contribution >= 4 is 5.91 Å². The van der Waals surface area contributed by atoms with Crippen LogP contribution in [0.15, 0.2) is 0 Å². The molecule has 3 nitrogen and oxygen atoms in total. The van der Waals surface area contributed by atoms with Crippen LogP contribution in [0.5, 0.6) is 0 Å². The van der Waals surface area contributed by atoms with Gasteiger partial charge in [0.2, 0.25) is 5.91 Å². The van der Waals surface area contributed by atoms with Crippen LogP contribution in [0.4, 0.5) is 0 Å². The third kappa shape index (κ3) is 1.04. The summed E-state index contributed by atoms with van der Waals surface area (Å²) in [4.78, 5) is 13.0. The van der Waals surface area contributed by atoms with Gasteiger partial charge in [0.1, 0.15) is 0 Å². The maximum atomic E-state index is 11.1. The Kier molecular flexibility index (Phi) is 1.65. The summed E-state index contributed by atoms with van der Waals surface area (Å²) in [7, 11) is 2.03. The van der Waals surface area contributed by atoms with Crippen molar-refractivity contribution in [3.63, 3.8) is 0 Å². The van der Waals surface area contributed by atoms with E-state index < -0.39 is 0 Å². The summed E-state index contributed by atoms with van der Waals surface area (Å²) in [6.07, 6.45) is 2.39. The second-order valence-electron chi connectivity index (χ2n) is 4.02. The smallest absolute Gasteiger partial charge is 0.219 e. The maximum absolute atomic E-state index is 11.1. The van der Waals surface area contributed by atoms with Crippen LogP contribution in [0.3, 0.4) is 0 Å². The molecule has 1 aliphatic heterocycles. The molecule has 0 aromatic rings. The van der Waals surface area contributed by atoms with Crippen LogP contribution < -0.4 is 5.32 Å². The molecule has 2 unspecified atom stereocenters. The molecule has 2 fully saturated rings. The number of nitrogens with zero attached hydrogens (tertiary/aromatic N) is 1. The van der Waals surface area contributed by atoms with Crippen molar-refractivity contribution in [2.24, 2.45) is 5.92 Å². The van der Waals surface area contributed by atoms with E-state index in [1.807, 2.05) is 11.9 Å². The summed E-state index contributed by atoms with van der Waals surface area (Å²) in [6.45, 7) is 3.57. The van der Waals surface area contributed by atoms with Gasteiger partial charge in [-0.3, -0.25) is 4.79 Å². The first-order valence-corrected chi connectivity index (χ1v) is 4.62. The standard InChI is InChI=1S/C9H16N2O/c1-7(12)11-4-3-9(10-2)5-8(9)6-11/h8,10H,3-6H2,1-2H3. The third-order valence-corrected chi connectivity index (χ3v) is 3.44. The van der Waals surface area contributed by atoms with Crippen molar-refractivity contribution < 1.29 is 4.79 Å². The fraction of sp³-hybridized carbons (Fsp3) is 0.889. The molecule has 12 heavy (non-hydrogen) atoms. The first-order valence-electron chi connectivity index (χ1n) is 4.62. The number of hydrogen-bond acceptors (Lipinski definition) is 2. The van der Waals surface area contributed by atoms with Crippen LogP contribution in [-0.2, 0) is 4.79 Å². The molecule has 2 atom stereocenters. The molecular weight excluding hydrogens is 152 g/mol. The average Bonchev–Trinajstić information content (AvgIpc) is 2.77. The van der Waals surface area contributed by atoms with Gasteiger partial charge in [-0.1, -0.05) is 0 Å². The lowest BCUT2D eigenvalue weighted by Crippen LogP contribution is -2.44. The van der Waals surface area contributed by atoms with Crippen molar-refractivity contribution in [2.45, 2.75) is 25.3 Å². The molecule has 0 aromatic heterocycles. The highest BCUT2D eigenvalue weighted by Crippen LogP contribution is 2.48. The quantitative estimate of drug-likeness (QED) is 0.607. The zero-order chi connectivity index (χ0) is 8.77. The minimum absolute atomic E-state index is 0.228. The SMILES string of the molecule is CNC12CCN(C(C)=O)CC1C2. The molecule has 0 spiro atoms. The van der Waals surface area contributed by atoms with E-state index in [1.54, 1.807) is 6.92 Å². The zero-order valence-corrected chi connectivity index (χ0v) is 7.76. The normalized spacial score (nSPS) is 39.2. The van der Waals surface area contributed by atoms with E-state index in [-0.39, 0.29) is 5.91 Å². The van der Waals surface area contributed by atoms with Gasteiger partial charge < -0.3 is 10.2 Å². The number of amides is 1. The van der Waals surface area contributed by atoms with Gasteiger partial charge in [0.05, 0.1) is 0 Å². The molecule has 3 heteroatoms. The first-order chi connectivity index (χ1) is 5.68. The number of nitrogens with one attached hydrogen (secondary N) is 1. The summed E-state index contributed by atoms with van der Waals surface area (Å²) in [5.74, 6) is 0.951. The minimum atomic E-state index is 0.228. The summed E-state index contributed by atoms with van der Waals surface area (Å²) in [6, 6.07) is 0. The molecule has 1 heterocycles. The Morgan fingerprint density at radius 1 is 1.67 bits per heavy atom. The third-order valence-electron chi connectivity index (χ3n) is 3.44. The van der Waals surface area contributed by atoms with Crippen LogP contribution in [0.1, 0.15) is 19.8 Å². The summed E-state index contributed by atoms with van der Waals surface area (Å²) in [5, 5.41) is 3.38. The molecule has 1 aliphatic carbocycles. The van der Waals surface area contributed by atoms with Crippen molar-refractivity contribution in [1.82, 2.24) is 10.2 Å². The van der Waals surface area contributed by atoms with Crippen molar-refractivity contribution in [3.8, 4) is 0 Å². The molecule has 1 saturated heterocycles. The fourth-order valence-electron chi connectivity index (χ4n) is 2.34. The first kappa shape index (κ1) is 8.05. The lowest BCUT2D eigenvalue weighted by atomic mass is 10.1. The average molecular weight is 168 g/mol. The Labute approximate surface area is 73.1 Å². The monoisotopic (exact) mass is 168 g/mol. The van der Waals surface area contributed by atoms with Gasteiger partial charge >= 0.3 is 0 Å². The van der Waals surface area contributed by atoms with Gasteiger partial charge in [-0.15, -0.1) is 0 Å². The van der Waals surface area contributed by atoms with E-state index in [4.69, 9.17) is 0 Å². The Bertz CT molecular complexity index is 217. The van der Waals surface area contributed by atoms with Gasteiger partial charge in [0.15, 0.2) is 0 Å². The summed E-state index contributed by atoms with van der Waals surface area (Å²) < 4.78 is 0. The van der Waals surface area contributed by atoms with Crippen molar-refractivity contribution in [2.75, 3.05) is 20.1 Å². The fourth-order valence-corrected chi connectivity index (χ4v) is 2.34. The van der Waals surface area contributed by atoms with Crippen molar-refractivity contribution in [1.29, 1.82) is 0 Å². The number of likely N-dealkylation sites (tertiary alicyclic amines) is 1. The van der Waals surface area contributed by atoms with Crippen LogP contribution in [0.25, 0.3) is 0 Å². The molecule has 1 amide bonds. The summed E-state index contributed by atoms with van der Waals surface area (Å²) in [5.41, 5.74) is 0.409. The lowest BCUT2D eigenvalue weighted by molar-refractivity contribution is -0.130. The topological polar surface area (TPSA) is 32.3 Å². The van der Waals surface area contributed by atoms with Crippen LogP contribution in [-0.4, -0.2) is 36.5 Å². The van der Waals surface area contributed by atoms with Crippen molar-refractivity contribution in [3.05, 3.63) is 0 Å². The van der Waals surface area contributed by atoms with Crippen LogP contribution in [0.2, 0.25) is 0 Å². The van der Waals surface area contributed by atoms with E-state index in [0.717, 1.165) is 25.4 Å². The molecule has 0 radical (unpaired) electrons. The van der Waals surface area contributed by atoms with Gasteiger partial charge in [0, 0.05) is 25.6 Å². The zero-order valence-electron chi connectivity index (χ0n) is 7.76. The molecule has 0 aromatic carbocycles. The summed E-state index contributed by atoms with van der Waals surface area (Å²) >= 11 is 0. The molecule has 2 aliphatic rings. The Balaban J connectivity index is 1.96. The molecular formula is C9H16N2O. The minimum Gasteiger partial charge on any atom is -0.343 e. The molecule has 0 bridgehead atoms. The number of carbonyl (C=O) groups excluding carboxylic acids is 1. The predicted molar refractivity (Wildman–Crippen MR) is 46.8 cm³/mol. The largest absolute Gasteiger partial charge is 0.343 e. The van der Waals surface area contributed by atoms with Gasteiger partial charge in [0.25, 0.3) is 0 Å². The predicted octanol–water partition coefficient (Wildman–Crippen LogP) is 0.217. The molecule has 1 saturated carbocycles. The maximum Gasteiger partial charge on any atom is 0.219 e. The lowest BCUT2D eigenvalue weighted by Gasteiger charge is -2.30. The van der Waals surface area contributed by atoms with E-state index in [0.29, 0.717) is 5.54 Å². The highest BCUT2D eigenvalue weighted by atomic mass is 16.2. The number of piperidine rings is 1. The van der Waals surface area contributed by atoms with E-state index in [2.05, 4.69) is 5.32 Å². The Morgan fingerprint density at radius 3 is 2.92 bits per heavy atom. The molecule has 2 rings (SSSR count). The second-order valence-corrected chi connectivity index (χ2v) is 4.02. The van der Waals surface area contributed by atoms with E-state index >= 15 is 0 Å². The molecule has 1 N–H and O–H groups in total. The highest BCUT2D eigenvalue weighted by Gasteiger charge is 2.55. The Morgan fingerprint density at radius 2 is 2.42 bits per heavy atom. The van der Waals surface area contributed by atoms with Crippen LogP contribution >= 0.6 is 0 Å². The Hall–Kier alpha value is -0.570. The number of hydrogen-bond donors (Lipinski definition) is 1. The van der Waals surface area contributed by atoms with E-state index in [1.165, 1.54) is 6.42 Å². The van der Waals surface area contributed by atoms with Gasteiger partial charge in [-0.25, -0.2) is 0 Å².